The maximum Gasteiger partial charge on any atom is 0.410 e. The molecule has 1 aromatic heterocycles. The number of para-hydroxylation sites is 1. The van der Waals surface area contributed by atoms with Crippen molar-refractivity contribution in [3.63, 3.8) is 0 Å². The second-order valence-electron chi connectivity index (χ2n) is 10.0. The van der Waals surface area contributed by atoms with E-state index in [2.05, 4.69) is 5.32 Å². The van der Waals surface area contributed by atoms with Gasteiger partial charge in [-0.15, -0.1) is 0 Å². The average Bonchev–Trinajstić information content (AvgIpc) is 3.62. The molecule has 0 radical (unpaired) electrons. The Balaban J connectivity index is 1.40. The second kappa shape index (κ2) is 9.90. The van der Waals surface area contributed by atoms with Crippen molar-refractivity contribution in [1.29, 1.82) is 0 Å². The number of hydrogen-bond donors (Lipinski definition) is 1. The highest BCUT2D eigenvalue weighted by Gasteiger charge is 2.28. The first kappa shape index (κ1) is 24.4. The Bertz CT molecular complexity index is 1300. The molecule has 35 heavy (non-hydrogen) atoms. The van der Waals surface area contributed by atoms with Crippen molar-refractivity contribution in [2.24, 2.45) is 0 Å². The predicted molar refractivity (Wildman–Crippen MR) is 135 cm³/mol. The van der Waals surface area contributed by atoms with Gasteiger partial charge in [-0.1, -0.05) is 24.3 Å². The Hall–Kier alpha value is -3.68. The van der Waals surface area contributed by atoms with Gasteiger partial charge in [0.2, 0.25) is 5.91 Å². The first-order valence-electron chi connectivity index (χ1n) is 11.9. The van der Waals surface area contributed by atoms with Gasteiger partial charge in [-0.25, -0.2) is 9.78 Å². The highest BCUT2D eigenvalue weighted by molar-refractivity contribution is 5.91. The van der Waals surface area contributed by atoms with Gasteiger partial charge in [-0.05, 0) is 63.4 Å². The zero-order valence-electron chi connectivity index (χ0n) is 20.7. The Morgan fingerprint density at radius 2 is 1.89 bits per heavy atom. The molecule has 3 aromatic rings. The van der Waals surface area contributed by atoms with E-state index in [1.807, 2.05) is 63.2 Å². The number of hydrogen-bond acceptors (Lipinski definition) is 5. The van der Waals surface area contributed by atoms with Gasteiger partial charge in [0.05, 0.1) is 10.9 Å². The van der Waals surface area contributed by atoms with E-state index in [0.29, 0.717) is 35.4 Å². The average molecular weight is 477 g/mol. The number of ether oxygens (including phenoxy) is 1. The molecule has 0 unspecified atom stereocenters. The third-order valence-electron chi connectivity index (χ3n) is 5.70. The molecule has 0 saturated heterocycles. The van der Waals surface area contributed by atoms with Crippen LogP contribution >= 0.6 is 0 Å². The molecule has 1 heterocycles. The van der Waals surface area contributed by atoms with E-state index in [1.54, 1.807) is 17.7 Å². The fourth-order valence-corrected chi connectivity index (χ4v) is 3.95. The number of nitrogens with one attached hydrogen (secondary N) is 1. The smallest absolute Gasteiger partial charge is 0.410 e. The number of aromatic nitrogens is 2. The van der Waals surface area contributed by atoms with Gasteiger partial charge in [0.1, 0.15) is 11.4 Å². The maximum absolute atomic E-state index is 13.0. The molecule has 0 spiro atoms. The van der Waals surface area contributed by atoms with Crippen molar-refractivity contribution in [2.45, 2.75) is 64.6 Å². The van der Waals surface area contributed by atoms with Crippen LogP contribution in [0.25, 0.3) is 10.9 Å². The number of fused-ring (bicyclic) bond motifs is 1. The van der Waals surface area contributed by atoms with Crippen LogP contribution in [0.1, 0.15) is 57.5 Å². The highest BCUT2D eigenvalue weighted by atomic mass is 16.6. The third kappa shape index (κ3) is 6.26. The summed E-state index contributed by atoms with van der Waals surface area (Å²) in [5.74, 6) is 0.492. The highest BCUT2D eigenvalue weighted by Crippen LogP contribution is 2.35. The number of carbonyl (C=O) groups excluding carboxylic acids is 2. The number of nitrogens with zero attached hydrogens (tertiary/aromatic N) is 3. The molecule has 1 aliphatic carbocycles. The Kier molecular flexibility index (Phi) is 6.91. The molecular formula is C27H32N4O4. The molecule has 0 atom stereocenters. The van der Waals surface area contributed by atoms with E-state index in [9.17, 15) is 14.4 Å². The third-order valence-corrected chi connectivity index (χ3v) is 5.70. The van der Waals surface area contributed by atoms with E-state index in [-0.39, 0.29) is 23.9 Å². The number of benzene rings is 2. The molecule has 2 amide bonds. The number of aryl methyl sites for hydroxylation is 1. The van der Waals surface area contributed by atoms with Crippen molar-refractivity contribution in [3.8, 4) is 0 Å². The molecule has 2 aromatic carbocycles. The second-order valence-corrected chi connectivity index (χ2v) is 10.0. The molecule has 1 fully saturated rings. The largest absolute Gasteiger partial charge is 0.444 e. The first-order valence-corrected chi connectivity index (χ1v) is 11.9. The summed E-state index contributed by atoms with van der Waals surface area (Å²) in [5.41, 5.74) is 1.58. The van der Waals surface area contributed by atoms with E-state index in [0.717, 1.165) is 18.4 Å². The lowest BCUT2D eigenvalue weighted by Gasteiger charge is -2.24. The summed E-state index contributed by atoms with van der Waals surface area (Å²) in [4.78, 5) is 44.1. The topological polar surface area (TPSA) is 93.5 Å². The normalized spacial score (nSPS) is 13.5. The van der Waals surface area contributed by atoms with Crippen molar-refractivity contribution in [2.75, 3.05) is 12.4 Å². The zero-order chi connectivity index (χ0) is 25.2. The van der Waals surface area contributed by atoms with Gasteiger partial charge in [-0.2, -0.15) is 0 Å². The van der Waals surface area contributed by atoms with Crippen LogP contribution in [0.2, 0.25) is 0 Å². The monoisotopic (exact) mass is 476 g/mol. The summed E-state index contributed by atoms with van der Waals surface area (Å²) in [6.45, 7) is 5.83. The summed E-state index contributed by atoms with van der Waals surface area (Å²) in [6.07, 6.45) is 2.10. The van der Waals surface area contributed by atoms with Gasteiger partial charge >= 0.3 is 6.09 Å². The number of rotatable bonds is 7. The van der Waals surface area contributed by atoms with Crippen LogP contribution in [0.4, 0.5) is 10.5 Å². The van der Waals surface area contributed by atoms with E-state index in [1.165, 1.54) is 4.90 Å². The molecule has 0 bridgehead atoms. The minimum atomic E-state index is -0.564. The van der Waals surface area contributed by atoms with E-state index >= 15 is 0 Å². The van der Waals surface area contributed by atoms with Crippen molar-refractivity contribution in [3.05, 3.63) is 70.3 Å². The molecule has 1 N–H and O–H groups in total. The van der Waals surface area contributed by atoms with Gasteiger partial charge < -0.3 is 15.0 Å². The van der Waals surface area contributed by atoms with Crippen LogP contribution in [0.15, 0.2) is 53.3 Å². The standard InChI is InChI=1S/C27H32N4O4/c1-27(2,3)35-26(34)30(4)17-18-8-7-9-19(16-18)28-24(32)15-14-23-29-22-11-6-5-10-21(22)25(33)31(23)20-12-13-20/h5-11,16,20H,12-15,17H2,1-4H3,(H,28,32). The van der Waals surface area contributed by atoms with Crippen LogP contribution in [0.3, 0.4) is 0 Å². The van der Waals surface area contributed by atoms with E-state index < -0.39 is 11.7 Å². The zero-order valence-corrected chi connectivity index (χ0v) is 20.7. The minimum Gasteiger partial charge on any atom is -0.444 e. The summed E-state index contributed by atoms with van der Waals surface area (Å²) in [7, 11) is 1.68. The lowest BCUT2D eigenvalue weighted by molar-refractivity contribution is -0.116. The Morgan fingerprint density at radius 1 is 1.14 bits per heavy atom. The maximum atomic E-state index is 13.0. The number of anilines is 1. The van der Waals surface area contributed by atoms with Crippen LogP contribution in [-0.4, -0.2) is 39.1 Å². The lowest BCUT2D eigenvalue weighted by atomic mass is 10.1. The molecule has 8 nitrogen and oxygen atoms in total. The number of carbonyl (C=O) groups is 2. The van der Waals surface area contributed by atoms with Gasteiger partial charge in [-0.3, -0.25) is 14.2 Å². The molecule has 4 rings (SSSR count). The van der Waals surface area contributed by atoms with Crippen molar-refractivity contribution < 1.29 is 14.3 Å². The summed E-state index contributed by atoms with van der Waals surface area (Å²) < 4.78 is 7.16. The molecule has 1 saturated carbocycles. The molecule has 184 valence electrons. The molecule has 0 aliphatic heterocycles. The minimum absolute atomic E-state index is 0.0321. The molecule has 8 heteroatoms. The fraction of sp³-hybridized carbons (Fsp3) is 0.407. The SMILES string of the molecule is CN(Cc1cccc(NC(=O)CCc2nc3ccccc3c(=O)n2C2CC2)c1)C(=O)OC(C)(C)C. The Labute approximate surface area is 204 Å². The molecule has 1 aliphatic rings. The van der Waals surface area contributed by atoms with Crippen LogP contribution in [0, 0.1) is 0 Å². The fourth-order valence-electron chi connectivity index (χ4n) is 3.95. The number of amides is 2. The lowest BCUT2D eigenvalue weighted by Crippen LogP contribution is -2.33. The predicted octanol–water partition coefficient (Wildman–Crippen LogP) is 4.67. The van der Waals surface area contributed by atoms with Crippen LogP contribution in [0.5, 0.6) is 0 Å². The van der Waals surface area contributed by atoms with Crippen molar-refractivity contribution in [1.82, 2.24) is 14.5 Å². The van der Waals surface area contributed by atoms with Crippen LogP contribution in [-0.2, 0) is 22.5 Å². The van der Waals surface area contributed by atoms with Gasteiger partial charge in [0.15, 0.2) is 0 Å². The van der Waals surface area contributed by atoms with Gasteiger partial charge in [0, 0.05) is 38.2 Å². The van der Waals surface area contributed by atoms with Crippen LogP contribution < -0.4 is 10.9 Å². The van der Waals surface area contributed by atoms with Gasteiger partial charge in [0.25, 0.3) is 5.56 Å². The first-order chi connectivity index (χ1) is 16.6. The van der Waals surface area contributed by atoms with E-state index in [4.69, 9.17) is 9.72 Å². The summed E-state index contributed by atoms with van der Waals surface area (Å²) in [6, 6.07) is 14.9. The Morgan fingerprint density at radius 3 is 2.60 bits per heavy atom. The summed E-state index contributed by atoms with van der Waals surface area (Å²) >= 11 is 0. The summed E-state index contributed by atoms with van der Waals surface area (Å²) in [5, 5.41) is 3.53. The molecular weight excluding hydrogens is 444 g/mol. The quantitative estimate of drug-likeness (QED) is 0.535. The van der Waals surface area contributed by atoms with Crippen molar-refractivity contribution >= 4 is 28.6 Å².